The zero-order chi connectivity index (χ0) is 16.9. The topological polar surface area (TPSA) is 137 Å². The van der Waals surface area contributed by atoms with Crippen LogP contribution in [-0.2, 0) is 9.59 Å². The van der Waals surface area contributed by atoms with E-state index in [9.17, 15) is 18.8 Å². The van der Waals surface area contributed by atoms with Gasteiger partial charge in [0, 0.05) is 5.56 Å². The molecule has 22 heavy (non-hydrogen) atoms. The van der Waals surface area contributed by atoms with Crippen LogP contribution in [0.25, 0.3) is 0 Å². The molecule has 0 fully saturated rings. The molecule has 120 valence electrons. The number of benzene rings is 1. The summed E-state index contributed by atoms with van der Waals surface area (Å²) in [5.74, 6) is -2.30. The lowest BCUT2D eigenvalue weighted by Gasteiger charge is -2.19. The summed E-state index contributed by atoms with van der Waals surface area (Å²) in [4.78, 5) is 33.7. The van der Waals surface area contributed by atoms with E-state index in [1.54, 1.807) is 6.92 Å². The molecule has 6 N–H and O–H groups in total. The number of carbonyl (C=O) groups excluding carboxylic acids is 3. The third-order valence-corrected chi connectivity index (χ3v) is 2.85. The van der Waals surface area contributed by atoms with Crippen LogP contribution in [0.4, 0.5) is 9.18 Å². The first-order valence-corrected chi connectivity index (χ1v) is 6.25. The van der Waals surface area contributed by atoms with Crippen LogP contribution in [0.1, 0.15) is 18.5 Å². The highest BCUT2D eigenvalue weighted by molar-refractivity contribution is 6.05. The monoisotopic (exact) mass is 312 g/mol. The van der Waals surface area contributed by atoms with Gasteiger partial charge in [-0.15, -0.1) is 0 Å². The van der Waals surface area contributed by atoms with Crippen molar-refractivity contribution in [3.05, 3.63) is 29.6 Å². The van der Waals surface area contributed by atoms with Crippen LogP contribution in [-0.4, -0.2) is 31.0 Å². The molecule has 0 unspecified atom stereocenters. The van der Waals surface area contributed by atoms with Gasteiger partial charge in [-0.2, -0.15) is 0 Å². The molecule has 0 aliphatic carbocycles. The molecule has 0 spiro atoms. The lowest BCUT2D eigenvalue weighted by molar-refractivity contribution is -0.128. The molecule has 1 atom stereocenters. The number of urea groups is 1. The Labute approximate surface area is 126 Å². The fraction of sp³-hybridized carbons (Fsp3) is 0.308. The second-order valence-corrected chi connectivity index (χ2v) is 4.46. The van der Waals surface area contributed by atoms with E-state index in [1.807, 2.05) is 5.32 Å². The number of amides is 4. The molecule has 0 bridgehead atoms. The summed E-state index contributed by atoms with van der Waals surface area (Å²) in [7, 11) is 1.40. The normalized spacial score (nSPS) is 11.6. The molecule has 1 rings (SSSR count). The molecular formula is C13H17FN4O4. The van der Waals surface area contributed by atoms with E-state index in [-0.39, 0.29) is 0 Å². The molecule has 0 aliphatic rings. The van der Waals surface area contributed by atoms with E-state index < -0.39 is 35.7 Å². The van der Waals surface area contributed by atoms with Crippen LogP contribution in [0.2, 0.25) is 0 Å². The van der Waals surface area contributed by atoms with E-state index in [1.165, 1.54) is 25.3 Å². The van der Waals surface area contributed by atoms with Crippen molar-refractivity contribution >= 4 is 17.8 Å². The molecule has 9 heteroatoms. The first-order chi connectivity index (χ1) is 10.3. The van der Waals surface area contributed by atoms with Gasteiger partial charge >= 0.3 is 6.03 Å². The highest BCUT2D eigenvalue weighted by Gasteiger charge is 2.25. The number of hydrogen-bond acceptors (Lipinski definition) is 4. The SMILES string of the molecule is COc1ccc(F)cc1[C@H](C)NC(=O)NC(C(N)=O)C(N)=O. The fourth-order valence-corrected chi connectivity index (χ4v) is 1.77. The first-order valence-electron chi connectivity index (χ1n) is 6.25. The minimum atomic E-state index is -1.64. The molecule has 0 saturated carbocycles. The summed E-state index contributed by atoms with van der Waals surface area (Å²) in [6.45, 7) is 1.57. The molecule has 1 aromatic rings. The van der Waals surface area contributed by atoms with E-state index in [0.717, 1.165) is 0 Å². The van der Waals surface area contributed by atoms with Crippen LogP contribution in [0.5, 0.6) is 5.75 Å². The first kappa shape index (κ1) is 17.2. The van der Waals surface area contributed by atoms with Gasteiger partial charge in [0.25, 0.3) is 0 Å². The van der Waals surface area contributed by atoms with Crippen molar-refractivity contribution in [3.63, 3.8) is 0 Å². The molecule has 0 saturated heterocycles. The van der Waals surface area contributed by atoms with E-state index >= 15 is 0 Å². The molecule has 1 aromatic carbocycles. The summed E-state index contributed by atoms with van der Waals surface area (Å²) in [6.07, 6.45) is 0. The molecule has 0 radical (unpaired) electrons. The van der Waals surface area contributed by atoms with Gasteiger partial charge in [-0.3, -0.25) is 9.59 Å². The summed E-state index contributed by atoms with van der Waals surface area (Å²) in [5.41, 5.74) is 10.3. The molecule has 0 aromatic heterocycles. The van der Waals surface area contributed by atoms with E-state index in [4.69, 9.17) is 16.2 Å². The number of nitrogens with one attached hydrogen (secondary N) is 2. The van der Waals surface area contributed by atoms with Gasteiger partial charge in [0.05, 0.1) is 13.2 Å². The van der Waals surface area contributed by atoms with Crippen molar-refractivity contribution in [1.82, 2.24) is 10.6 Å². The van der Waals surface area contributed by atoms with Crippen LogP contribution in [0, 0.1) is 5.82 Å². The van der Waals surface area contributed by atoms with Crippen LogP contribution < -0.4 is 26.8 Å². The summed E-state index contributed by atoms with van der Waals surface area (Å²) < 4.78 is 18.4. The Morgan fingerprint density at radius 3 is 2.27 bits per heavy atom. The number of ether oxygens (including phenoxy) is 1. The third-order valence-electron chi connectivity index (χ3n) is 2.85. The van der Waals surface area contributed by atoms with Crippen LogP contribution in [0.3, 0.4) is 0 Å². The fourth-order valence-electron chi connectivity index (χ4n) is 1.77. The highest BCUT2D eigenvalue weighted by atomic mass is 19.1. The Kier molecular flexibility index (Phi) is 5.67. The summed E-state index contributed by atoms with van der Waals surface area (Å²) in [5, 5.41) is 4.46. The van der Waals surface area contributed by atoms with Gasteiger partial charge < -0.3 is 26.8 Å². The van der Waals surface area contributed by atoms with E-state index in [0.29, 0.717) is 11.3 Å². The van der Waals surface area contributed by atoms with Crippen molar-refractivity contribution in [2.24, 2.45) is 11.5 Å². The smallest absolute Gasteiger partial charge is 0.316 e. The number of hydrogen-bond donors (Lipinski definition) is 4. The third kappa shape index (κ3) is 4.33. The number of primary amides is 2. The zero-order valence-electron chi connectivity index (χ0n) is 12.1. The highest BCUT2D eigenvalue weighted by Crippen LogP contribution is 2.25. The van der Waals surface area contributed by atoms with Gasteiger partial charge in [-0.25, -0.2) is 9.18 Å². The molecule has 0 heterocycles. The Hall–Kier alpha value is -2.84. The average Bonchev–Trinajstić information content (AvgIpc) is 2.43. The predicted molar refractivity (Wildman–Crippen MR) is 75.2 cm³/mol. The summed E-state index contributed by atoms with van der Waals surface area (Å²) >= 11 is 0. The lowest BCUT2D eigenvalue weighted by Crippen LogP contribution is -2.55. The number of methoxy groups -OCH3 is 1. The van der Waals surface area contributed by atoms with Gasteiger partial charge in [0.1, 0.15) is 11.6 Å². The zero-order valence-corrected chi connectivity index (χ0v) is 12.1. The molecular weight excluding hydrogens is 295 g/mol. The van der Waals surface area contributed by atoms with Gasteiger partial charge in [0.15, 0.2) is 6.04 Å². The second kappa shape index (κ2) is 7.25. The average molecular weight is 312 g/mol. The van der Waals surface area contributed by atoms with Crippen molar-refractivity contribution in [2.45, 2.75) is 19.0 Å². The minimum Gasteiger partial charge on any atom is -0.496 e. The van der Waals surface area contributed by atoms with Crippen molar-refractivity contribution in [1.29, 1.82) is 0 Å². The lowest BCUT2D eigenvalue weighted by atomic mass is 10.1. The largest absolute Gasteiger partial charge is 0.496 e. The molecule has 4 amide bonds. The number of rotatable bonds is 6. The van der Waals surface area contributed by atoms with Gasteiger partial charge in [-0.05, 0) is 25.1 Å². The molecule has 8 nitrogen and oxygen atoms in total. The quantitative estimate of drug-likeness (QED) is 0.528. The molecule has 0 aliphatic heterocycles. The van der Waals surface area contributed by atoms with Gasteiger partial charge in [-0.1, -0.05) is 0 Å². The number of carbonyl (C=O) groups is 3. The van der Waals surface area contributed by atoms with Crippen molar-refractivity contribution in [3.8, 4) is 5.75 Å². The maximum atomic E-state index is 13.3. The van der Waals surface area contributed by atoms with Crippen LogP contribution in [0.15, 0.2) is 18.2 Å². The predicted octanol–water partition coefficient (Wildman–Crippen LogP) is -0.466. The Bertz CT molecular complexity index is 579. The Morgan fingerprint density at radius 2 is 1.77 bits per heavy atom. The Balaban J connectivity index is 2.82. The number of halogens is 1. The minimum absolute atomic E-state index is 0.371. The Morgan fingerprint density at radius 1 is 1.18 bits per heavy atom. The standard InChI is InChI=1S/C13H17FN4O4/c1-6(8-5-7(14)3-4-9(8)22-2)17-13(21)18-10(11(15)19)12(16)20/h3-6,10H,1-2H3,(H2,15,19)(H2,16,20)(H2,17,18,21)/t6-/m0/s1. The van der Waals surface area contributed by atoms with Gasteiger partial charge in [0.2, 0.25) is 11.8 Å². The maximum Gasteiger partial charge on any atom is 0.316 e. The van der Waals surface area contributed by atoms with E-state index in [2.05, 4.69) is 5.32 Å². The second-order valence-electron chi connectivity index (χ2n) is 4.46. The number of nitrogens with two attached hydrogens (primary N) is 2. The summed E-state index contributed by atoms with van der Waals surface area (Å²) in [6, 6.07) is 0.667. The van der Waals surface area contributed by atoms with Crippen molar-refractivity contribution < 1.29 is 23.5 Å². The van der Waals surface area contributed by atoms with Crippen molar-refractivity contribution in [2.75, 3.05) is 7.11 Å². The van der Waals surface area contributed by atoms with Crippen LogP contribution >= 0.6 is 0 Å². The maximum absolute atomic E-state index is 13.3.